The number of rotatable bonds is 7. The van der Waals surface area contributed by atoms with Crippen molar-refractivity contribution in [3.8, 4) is 0 Å². The lowest BCUT2D eigenvalue weighted by molar-refractivity contribution is 0.0695. The third-order valence-electron chi connectivity index (χ3n) is 1.98. The van der Waals surface area contributed by atoms with Crippen molar-refractivity contribution in [3.63, 3.8) is 0 Å². The molecule has 0 atom stereocenters. The molecule has 0 aliphatic carbocycles. The van der Waals surface area contributed by atoms with Crippen molar-refractivity contribution >= 4 is 0 Å². The molecule has 0 radical (unpaired) electrons. The highest BCUT2D eigenvalue weighted by Gasteiger charge is 1.99. The van der Waals surface area contributed by atoms with Crippen molar-refractivity contribution in [2.45, 2.75) is 12.8 Å². The molecule has 0 aromatic carbocycles. The van der Waals surface area contributed by atoms with Gasteiger partial charge in [-0.15, -0.1) is 0 Å². The van der Waals surface area contributed by atoms with Gasteiger partial charge in [-0.25, -0.2) is 4.79 Å². The molecule has 1 heterocycles. The predicted octanol–water partition coefficient (Wildman–Crippen LogP) is 1.24. The smallest absolute Gasteiger partial charge is 0.338 e. The number of aryl methyl sites for hydroxylation is 1. The van der Waals surface area contributed by atoms with Gasteiger partial charge in [0.25, 0.3) is 0 Å². The number of hydrogen-bond donors (Lipinski definition) is 0. The summed E-state index contributed by atoms with van der Waals surface area (Å²) in [7, 11) is 1.64. The van der Waals surface area contributed by atoms with Gasteiger partial charge in [0, 0.05) is 19.3 Å². The Morgan fingerprint density at radius 3 is 2.93 bits per heavy atom. The van der Waals surface area contributed by atoms with Gasteiger partial charge in [-0.3, -0.25) is 0 Å². The molecule has 0 fully saturated rings. The first kappa shape index (κ1) is 11.9. The first-order valence-corrected chi connectivity index (χ1v) is 4.98. The first-order chi connectivity index (χ1) is 7.34. The van der Waals surface area contributed by atoms with Gasteiger partial charge in [0.15, 0.2) is 0 Å². The van der Waals surface area contributed by atoms with Gasteiger partial charge < -0.3 is 13.9 Å². The normalized spacial score (nSPS) is 10.5. The second kappa shape index (κ2) is 7.20. The second-order valence-corrected chi connectivity index (χ2v) is 3.13. The zero-order valence-corrected chi connectivity index (χ0v) is 8.90. The largest absolute Gasteiger partial charge is 0.431 e. The second-order valence-electron chi connectivity index (χ2n) is 3.13. The fourth-order valence-electron chi connectivity index (χ4n) is 1.19. The standard InChI is InChI=1S/C11H16O4/c1-13-8-9-14-6-2-4-10-5-3-7-15-11(10)12/h3,5,7H,2,4,6,8-9H2,1H3. The van der Waals surface area contributed by atoms with E-state index in [1.165, 1.54) is 6.26 Å². The van der Waals surface area contributed by atoms with Gasteiger partial charge >= 0.3 is 5.63 Å². The van der Waals surface area contributed by atoms with Crippen molar-refractivity contribution < 1.29 is 13.9 Å². The molecule has 84 valence electrons. The summed E-state index contributed by atoms with van der Waals surface area (Å²) in [6, 6.07) is 3.50. The van der Waals surface area contributed by atoms with E-state index in [0.29, 0.717) is 31.8 Å². The zero-order chi connectivity index (χ0) is 10.9. The Labute approximate surface area is 88.8 Å². The molecule has 0 aliphatic heterocycles. The Hall–Kier alpha value is -1.13. The monoisotopic (exact) mass is 212 g/mol. The molecule has 4 heteroatoms. The number of methoxy groups -OCH3 is 1. The molecule has 0 saturated heterocycles. The van der Waals surface area contributed by atoms with Crippen LogP contribution in [0, 0.1) is 0 Å². The summed E-state index contributed by atoms with van der Waals surface area (Å²) in [6.45, 7) is 1.84. The van der Waals surface area contributed by atoms with E-state index in [1.54, 1.807) is 19.2 Å². The van der Waals surface area contributed by atoms with Crippen LogP contribution in [-0.2, 0) is 15.9 Å². The molecule has 0 unspecified atom stereocenters. The van der Waals surface area contributed by atoms with Crippen LogP contribution in [0.5, 0.6) is 0 Å². The maximum absolute atomic E-state index is 11.2. The molecule has 0 aliphatic rings. The molecular weight excluding hydrogens is 196 g/mol. The van der Waals surface area contributed by atoms with Crippen LogP contribution in [0.25, 0.3) is 0 Å². The molecule has 0 bridgehead atoms. The van der Waals surface area contributed by atoms with Crippen LogP contribution in [0.3, 0.4) is 0 Å². The first-order valence-electron chi connectivity index (χ1n) is 4.98. The Kier molecular flexibility index (Phi) is 5.73. The van der Waals surface area contributed by atoms with Gasteiger partial charge in [0.1, 0.15) is 0 Å². The van der Waals surface area contributed by atoms with E-state index < -0.39 is 0 Å². The van der Waals surface area contributed by atoms with Gasteiger partial charge in [-0.2, -0.15) is 0 Å². The van der Waals surface area contributed by atoms with Crippen LogP contribution in [0.4, 0.5) is 0 Å². The molecular formula is C11H16O4. The van der Waals surface area contributed by atoms with Gasteiger partial charge in [-0.1, -0.05) is 0 Å². The minimum absolute atomic E-state index is 0.255. The molecule has 15 heavy (non-hydrogen) atoms. The predicted molar refractivity (Wildman–Crippen MR) is 56.0 cm³/mol. The van der Waals surface area contributed by atoms with Crippen molar-refractivity contribution in [1.82, 2.24) is 0 Å². The molecule has 0 spiro atoms. The SMILES string of the molecule is COCCOCCCc1cccoc1=O. The van der Waals surface area contributed by atoms with E-state index in [0.717, 1.165) is 6.42 Å². The van der Waals surface area contributed by atoms with Gasteiger partial charge in [0.2, 0.25) is 0 Å². The van der Waals surface area contributed by atoms with E-state index in [-0.39, 0.29) is 5.63 Å². The van der Waals surface area contributed by atoms with Crippen LogP contribution >= 0.6 is 0 Å². The lowest BCUT2D eigenvalue weighted by Crippen LogP contribution is -2.08. The average molecular weight is 212 g/mol. The number of hydrogen-bond acceptors (Lipinski definition) is 4. The van der Waals surface area contributed by atoms with Crippen LogP contribution in [-0.4, -0.2) is 26.9 Å². The molecule has 4 nitrogen and oxygen atoms in total. The van der Waals surface area contributed by atoms with E-state index >= 15 is 0 Å². The van der Waals surface area contributed by atoms with Crippen molar-refractivity contribution in [3.05, 3.63) is 34.4 Å². The van der Waals surface area contributed by atoms with Crippen LogP contribution in [0.2, 0.25) is 0 Å². The van der Waals surface area contributed by atoms with Gasteiger partial charge in [0.05, 0.1) is 19.5 Å². The average Bonchev–Trinajstić information content (AvgIpc) is 2.25. The number of ether oxygens (including phenoxy) is 2. The van der Waals surface area contributed by atoms with E-state index in [2.05, 4.69) is 0 Å². The Balaban J connectivity index is 2.15. The summed E-state index contributed by atoms with van der Waals surface area (Å²) < 4.78 is 14.9. The summed E-state index contributed by atoms with van der Waals surface area (Å²) in [4.78, 5) is 11.2. The lowest BCUT2D eigenvalue weighted by Gasteiger charge is -2.02. The molecule has 1 aromatic rings. The quantitative estimate of drug-likeness (QED) is 0.638. The van der Waals surface area contributed by atoms with Crippen molar-refractivity contribution in [2.75, 3.05) is 26.9 Å². The highest BCUT2D eigenvalue weighted by atomic mass is 16.5. The lowest BCUT2D eigenvalue weighted by atomic mass is 10.2. The van der Waals surface area contributed by atoms with Crippen LogP contribution in [0.1, 0.15) is 12.0 Å². The summed E-state index contributed by atoms with van der Waals surface area (Å²) in [5, 5.41) is 0. The van der Waals surface area contributed by atoms with Crippen molar-refractivity contribution in [2.24, 2.45) is 0 Å². The third kappa shape index (κ3) is 4.76. The maximum Gasteiger partial charge on any atom is 0.338 e. The summed E-state index contributed by atoms with van der Waals surface area (Å²) in [5.41, 5.74) is 0.447. The minimum Gasteiger partial charge on any atom is -0.431 e. The highest BCUT2D eigenvalue weighted by Crippen LogP contribution is 1.97. The molecule has 0 amide bonds. The van der Waals surface area contributed by atoms with Gasteiger partial charge in [-0.05, 0) is 25.0 Å². The Morgan fingerprint density at radius 2 is 2.20 bits per heavy atom. The van der Waals surface area contributed by atoms with E-state index in [9.17, 15) is 4.79 Å². The Bertz CT molecular complexity index is 318. The molecule has 1 aromatic heterocycles. The topological polar surface area (TPSA) is 48.7 Å². The summed E-state index contributed by atoms with van der Waals surface area (Å²) in [5.74, 6) is 0. The van der Waals surface area contributed by atoms with E-state index in [4.69, 9.17) is 13.9 Å². The van der Waals surface area contributed by atoms with Crippen molar-refractivity contribution in [1.29, 1.82) is 0 Å². The fraction of sp³-hybridized carbons (Fsp3) is 0.545. The zero-order valence-electron chi connectivity index (χ0n) is 8.90. The summed E-state index contributed by atoms with van der Waals surface area (Å²) in [6.07, 6.45) is 2.90. The third-order valence-corrected chi connectivity index (χ3v) is 1.98. The summed E-state index contributed by atoms with van der Waals surface area (Å²) >= 11 is 0. The Morgan fingerprint density at radius 1 is 1.33 bits per heavy atom. The molecule has 0 N–H and O–H groups in total. The highest BCUT2D eigenvalue weighted by molar-refractivity contribution is 5.06. The minimum atomic E-state index is -0.255. The molecule has 1 rings (SSSR count). The maximum atomic E-state index is 11.2. The van der Waals surface area contributed by atoms with Crippen LogP contribution in [0.15, 0.2) is 27.6 Å². The van der Waals surface area contributed by atoms with E-state index in [1.807, 2.05) is 0 Å². The van der Waals surface area contributed by atoms with Crippen LogP contribution < -0.4 is 5.63 Å². The fourth-order valence-corrected chi connectivity index (χ4v) is 1.19. The molecule has 0 saturated carbocycles.